The number of nitrogens with one attached hydrogen (secondary N) is 1. The van der Waals surface area contributed by atoms with Crippen molar-refractivity contribution in [2.45, 2.75) is 39.3 Å². The van der Waals surface area contributed by atoms with Crippen molar-refractivity contribution >= 4 is 11.6 Å². The van der Waals surface area contributed by atoms with E-state index in [1.54, 1.807) is 0 Å². The quantitative estimate of drug-likeness (QED) is 0.905. The highest BCUT2D eigenvalue weighted by Crippen LogP contribution is 2.33. The molecular formula is C15H22F3N3. The molecule has 0 radical (unpaired) electrons. The van der Waals surface area contributed by atoms with E-state index < -0.39 is 11.7 Å². The Bertz CT molecular complexity index is 466. The second kappa shape index (κ2) is 6.54. The second-order valence-electron chi connectivity index (χ2n) is 5.69. The van der Waals surface area contributed by atoms with Crippen LogP contribution in [0.3, 0.4) is 0 Å². The van der Waals surface area contributed by atoms with Gasteiger partial charge in [-0.3, -0.25) is 0 Å². The Hall–Kier alpha value is -1.46. The standard InChI is InChI=1S/C15H22F3N3/c1-3-6-19-13-9-12(15(16,17)18)10-14(20-13)21-7-4-11(2)5-8-21/h9-11H,3-8H2,1-2H3,(H,19,20). The van der Waals surface area contributed by atoms with E-state index in [-0.39, 0.29) is 0 Å². The highest BCUT2D eigenvalue weighted by molar-refractivity contribution is 5.51. The summed E-state index contributed by atoms with van der Waals surface area (Å²) in [6.07, 6.45) is -1.51. The molecule has 3 nitrogen and oxygen atoms in total. The molecule has 1 fully saturated rings. The number of pyridine rings is 1. The second-order valence-corrected chi connectivity index (χ2v) is 5.69. The van der Waals surface area contributed by atoms with Gasteiger partial charge in [-0.15, -0.1) is 0 Å². The van der Waals surface area contributed by atoms with E-state index in [1.165, 1.54) is 0 Å². The van der Waals surface area contributed by atoms with E-state index in [9.17, 15) is 13.2 Å². The summed E-state index contributed by atoms with van der Waals surface area (Å²) in [5.41, 5.74) is -0.635. The molecule has 0 amide bonds. The minimum atomic E-state index is -4.34. The van der Waals surface area contributed by atoms with Crippen LogP contribution in [0.1, 0.15) is 38.7 Å². The van der Waals surface area contributed by atoms with E-state index in [0.717, 1.165) is 44.5 Å². The lowest BCUT2D eigenvalue weighted by molar-refractivity contribution is -0.137. The zero-order valence-corrected chi connectivity index (χ0v) is 12.5. The van der Waals surface area contributed by atoms with Gasteiger partial charge < -0.3 is 10.2 Å². The molecule has 0 bridgehead atoms. The zero-order chi connectivity index (χ0) is 15.5. The molecule has 1 N–H and O–H groups in total. The van der Waals surface area contributed by atoms with Crippen molar-refractivity contribution in [1.29, 1.82) is 0 Å². The van der Waals surface area contributed by atoms with Crippen LogP contribution in [0.4, 0.5) is 24.8 Å². The predicted octanol–water partition coefficient (Wildman–Crippen LogP) is 4.16. The molecule has 1 aromatic heterocycles. The minimum Gasteiger partial charge on any atom is -0.370 e. The van der Waals surface area contributed by atoms with Crippen LogP contribution in [0.5, 0.6) is 0 Å². The van der Waals surface area contributed by atoms with Crippen molar-refractivity contribution in [3.05, 3.63) is 17.7 Å². The lowest BCUT2D eigenvalue weighted by atomic mass is 9.99. The first kappa shape index (κ1) is 15.9. The topological polar surface area (TPSA) is 28.2 Å². The van der Waals surface area contributed by atoms with Gasteiger partial charge in [-0.05, 0) is 37.3 Å². The number of hydrogen-bond acceptors (Lipinski definition) is 3. The molecule has 0 saturated carbocycles. The highest BCUT2D eigenvalue weighted by atomic mass is 19.4. The van der Waals surface area contributed by atoms with E-state index >= 15 is 0 Å². The zero-order valence-electron chi connectivity index (χ0n) is 12.5. The molecule has 1 aromatic rings. The maximum Gasteiger partial charge on any atom is 0.416 e. The number of anilines is 2. The summed E-state index contributed by atoms with van der Waals surface area (Å²) in [6.45, 7) is 6.29. The summed E-state index contributed by atoms with van der Waals surface area (Å²) in [5.74, 6) is 1.36. The van der Waals surface area contributed by atoms with Gasteiger partial charge in [0.2, 0.25) is 0 Å². The monoisotopic (exact) mass is 301 g/mol. The van der Waals surface area contributed by atoms with Crippen molar-refractivity contribution < 1.29 is 13.2 Å². The number of hydrogen-bond donors (Lipinski definition) is 1. The summed E-state index contributed by atoms with van der Waals surface area (Å²) in [5, 5.41) is 2.96. The largest absolute Gasteiger partial charge is 0.416 e. The summed E-state index contributed by atoms with van der Waals surface area (Å²) in [4.78, 5) is 6.30. The Balaban J connectivity index is 2.26. The summed E-state index contributed by atoms with van der Waals surface area (Å²) >= 11 is 0. The van der Waals surface area contributed by atoms with Crippen LogP contribution in [0, 0.1) is 5.92 Å². The average molecular weight is 301 g/mol. The molecule has 2 rings (SSSR count). The number of alkyl halides is 3. The fraction of sp³-hybridized carbons (Fsp3) is 0.667. The first-order chi connectivity index (χ1) is 9.90. The molecule has 1 saturated heterocycles. The Kier molecular flexibility index (Phi) is 4.96. The Labute approximate surface area is 123 Å². The van der Waals surface area contributed by atoms with Gasteiger partial charge in [0.1, 0.15) is 11.6 Å². The van der Waals surface area contributed by atoms with Crippen molar-refractivity contribution in [3.8, 4) is 0 Å². The maximum atomic E-state index is 13.0. The third kappa shape index (κ3) is 4.25. The number of rotatable bonds is 4. The third-order valence-corrected chi connectivity index (χ3v) is 3.80. The molecule has 1 aliphatic rings. The van der Waals surface area contributed by atoms with E-state index in [1.807, 2.05) is 11.8 Å². The van der Waals surface area contributed by atoms with Gasteiger partial charge in [-0.2, -0.15) is 13.2 Å². The van der Waals surface area contributed by atoms with Crippen LogP contribution in [0.2, 0.25) is 0 Å². The predicted molar refractivity (Wildman–Crippen MR) is 78.6 cm³/mol. The molecule has 0 aromatic carbocycles. The number of aromatic nitrogens is 1. The molecule has 6 heteroatoms. The SMILES string of the molecule is CCCNc1cc(C(F)(F)F)cc(N2CCC(C)CC2)n1. The molecule has 1 aliphatic heterocycles. The summed E-state index contributed by atoms with van der Waals surface area (Å²) < 4.78 is 39.1. The first-order valence-corrected chi connectivity index (χ1v) is 7.48. The first-order valence-electron chi connectivity index (χ1n) is 7.48. The van der Waals surface area contributed by atoms with E-state index in [0.29, 0.717) is 24.1 Å². The van der Waals surface area contributed by atoms with Crippen molar-refractivity contribution in [3.63, 3.8) is 0 Å². The van der Waals surface area contributed by atoms with E-state index in [2.05, 4.69) is 17.2 Å². The molecule has 0 spiro atoms. The lowest BCUT2D eigenvalue weighted by Crippen LogP contribution is -2.33. The molecule has 0 aliphatic carbocycles. The van der Waals surface area contributed by atoms with Crippen molar-refractivity contribution in [2.24, 2.45) is 5.92 Å². The molecule has 21 heavy (non-hydrogen) atoms. The van der Waals surface area contributed by atoms with Gasteiger partial charge in [0, 0.05) is 19.6 Å². The van der Waals surface area contributed by atoms with Crippen molar-refractivity contribution in [2.75, 3.05) is 29.9 Å². The Morgan fingerprint density at radius 2 is 1.95 bits per heavy atom. The third-order valence-electron chi connectivity index (χ3n) is 3.80. The smallest absolute Gasteiger partial charge is 0.370 e. The lowest BCUT2D eigenvalue weighted by Gasteiger charge is -2.31. The van der Waals surface area contributed by atoms with Gasteiger partial charge in [0.05, 0.1) is 5.56 Å². The van der Waals surface area contributed by atoms with Crippen LogP contribution in [-0.4, -0.2) is 24.6 Å². The molecule has 0 atom stereocenters. The van der Waals surface area contributed by atoms with Gasteiger partial charge in [0.15, 0.2) is 0 Å². The van der Waals surface area contributed by atoms with Crippen LogP contribution >= 0.6 is 0 Å². The maximum absolute atomic E-state index is 13.0. The molecule has 2 heterocycles. The molecule has 0 unspecified atom stereocenters. The Morgan fingerprint density at radius 3 is 2.52 bits per heavy atom. The highest BCUT2D eigenvalue weighted by Gasteiger charge is 2.32. The van der Waals surface area contributed by atoms with Gasteiger partial charge in [0.25, 0.3) is 0 Å². The molecule has 118 valence electrons. The van der Waals surface area contributed by atoms with Crippen LogP contribution in [0.15, 0.2) is 12.1 Å². The summed E-state index contributed by atoms with van der Waals surface area (Å²) in [6, 6.07) is 2.25. The fourth-order valence-electron chi connectivity index (χ4n) is 2.42. The van der Waals surface area contributed by atoms with Gasteiger partial charge in [-0.25, -0.2) is 4.98 Å². The van der Waals surface area contributed by atoms with Crippen LogP contribution < -0.4 is 10.2 Å². The van der Waals surface area contributed by atoms with E-state index in [4.69, 9.17) is 0 Å². The van der Waals surface area contributed by atoms with Crippen LogP contribution in [-0.2, 0) is 6.18 Å². The fourth-order valence-corrected chi connectivity index (χ4v) is 2.42. The number of piperidine rings is 1. The minimum absolute atomic E-state index is 0.306. The number of nitrogens with zero attached hydrogens (tertiary/aromatic N) is 2. The average Bonchev–Trinajstić information content (AvgIpc) is 2.44. The molecular weight excluding hydrogens is 279 g/mol. The van der Waals surface area contributed by atoms with Gasteiger partial charge in [-0.1, -0.05) is 13.8 Å². The van der Waals surface area contributed by atoms with Gasteiger partial charge >= 0.3 is 6.18 Å². The Morgan fingerprint density at radius 1 is 1.29 bits per heavy atom. The normalized spacial score (nSPS) is 17.1. The van der Waals surface area contributed by atoms with Crippen molar-refractivity contribution in [1.82, 2.24) is 4.98 Å². The summed E-state index contributed by atoms with van der Waals surface area (Å²) in [7, 11) is 0. The number of halogens is 3. The van der Waals surface area contributed by atoms with Crippen LogP contribution in [0.25, 0.3) is 0 Å².